The van der Waals surface area contributed by atoms with Gasteiger partial charge in [0.25, 0.3) is 0 Å². The molecule has 0 rings (SSSR count). The van der Waals surface area contributed by atoms with Gasteiger partial charge in [0.05, 0.1) is 0 Å². The van der Waals surface area contributed by atoms with Crippen molar-refractivity contribution in [2.24, 2.45) is 5.92 Å². The molecular weight excluding hydrogens is 162 g/mol. The Morgan fingerprint density at radius 3 is 2.62 bits per heavy atom. The van der Waals surface area contributed by atoms with Crippen LogP contribution in [-0.2, 0) is 4.79 Å². The van der Waals surface area contributed by atoms with Crippen molar-refractivity contribution in [1.29, 1.82) is 0 Å². The third kappa shape index (κ3) is 9.12. The number of likely N-dealkylation sites (N-methyl/N-ethyl adjacent to an activating group) is 1. The van der Waals surface area contributed by atoms with Crippen molar-refractivity contribution in [3.63, 3.8) is 0 Å². The maximum Gasteiger partial charge on any atom is 0.243 e. The number of hydrogen-bond donors (Lipinski definition) is 1. The molecule has 0 atom stereocenters. The first kappa shape index (κ1) is 12.2. The molecule has 1 amide bonds. The number of carbonyl (C=O) groups excluding carboxylic acids is 1. The van der Waals surface area contributed by atoms with Gasteiger partial charge in [-0.2, -0.15) is 0 Å². The van der Waals surface area contributed by atoms with Gasteiger partial charge in [-0.25, -0.2) is 0 Å². The molecule has 0 spiro atoms. The predicted molar refractivity (Wildman–Crippen MR) is 56.5 cm³/mol. The Morgan fingerprint density at radius 2 is 2.08 bits per heavy atom. The molecule has 0 aromatic carbocycles. The summed E-state index contributed by atoms with van der Waals surface area (Å²) in [6, 6.07) is 0. The van der Waals surface area contributed by atoms with E-state index in [-0.39, 0.29) is 5.91 Å². The van der Waals surface area contributed by atoms with E-state index in [4.69, 9.17) is 0 Å². The predicted octanol–water partition coefficient (Wildman–Crippen LogP) is 2.51. The molecule has 0 aliphatic rings. The van der Waals surface area contributed by atoms with Crippen molar-refractivity contribution in [3.8, 4) is 0 Å². The SMILES string of the molecule is CNC(=O)/C=C/CCCCC(C)C. The molecule has 0 saturated heterocycles. The first-order valence-electron chi connectivity index (χ1n) is 5.05. The van der Waals surface area contributed by atoms with Gasteiger partial charge in [-0.05, 0) is 24.8 Å². The molecule has 0 radical (unpaired) electrons. The summed E-state index contributed by atoms with van der Waals surface area (Å²) in [4.78, 5) is 10.8. The molecule has 2 heteroatoms. The molecular formula is C11H21NO. The standard InChI is InChI=1S/C11H21NO/c1-10(2)8-6-4-5-7-9-11(13)12-3/h7,9-10H,4-6,8H2,1-3H3,(H,12,13)/b9-7+. The van der Waals surface area contributed by atoms with E-state index in [1.807, 2.05) is 6.08 Å². The van der Waals surface area contributed by atoms with Crippen molar-refractivity contribution in [2.45, 2.75) is 39.5 Å². The Balaban J connectivity index is 3.25. The topological polar surface area (TPSA) is 29.1 Å². The number of unbranched alkanes of at least 4 members (excludes halogenated alkanes) is 2. The van der Waals surface area contributed by atoms with E-state index in [0.29, 0.717) is 0 Å². The Kier molecular flexibility index (Phi) is 7.36. The molecule has 0 bridgehead atoms. The van der Waals surface area contributed by atoms with Crippen LogP contribution in [-0.4, -0.2) is 13.0 Å². The lowest BCUT2D eigenvalue weighted by Gasteiger charge is -2.01. The molecule has 0 fully saturated rings. The number of amides is 1. The molecule has 0 heterocycles. The summed E-state index contributed by atoms with van der Waals surface area (Å²) >= 11 is 0. The van der Waals surface area contributed by atoms with Gasteiger partial charge in [-0.15, -0.1) is 0 Å². The second-order valence-electron chi connectivity index (χ2n) is 3.69. The van der Waals surface area contributed by atoms with Crippen molar-refractivity contribution in [1.82, 2.24) is 5.32 Å². The number of rotatable bonds is 6. The maximum absolute atomic E-state index is 10.8. The minimum Gasteiger partial charge on any atom is -0.356 e. The lowest BCUT2D eigenvalue weighted by atomic mass is 10.1. The number of hydrogen-bond acceptors (Lipinski definition) is 1. The lowest BCUT2D eigenvalue weighted by Crippen LogP contribution is -2.13. The Bertz CT molecular complexity index is 161. The van der Waals surface area contributed by atoms with Crippen LogP contribution >= 0.6 is 0 Å². The molecule has 2 nitrogen and oxygen atoms in total. The second-order valence-corrected chi connectivity index (χ2v) is 3.69. The van der Waals surface area contributed by atoms with E-state index < -0.39 is 0 Å². The van der Waals surface area contributed by atoms with Crippen LogP contribution in [0.25, 0.3) is 0 Å². The van der Waals surface area contributed by atoms with Gasteiger partial charge in [-0.1, -0.05) is 32.8 Å². The zero-order valence-electron chi connectivity index (χ0n) is 8.97. The molecule has 13 heavy (non-hydrogen) atoms. The summed E-state index contributed by atoms with van der Waals surface area (Å²) in [6.07, 6.45) is 8.30. The Morgan fingerprint density at radius 1 is 1.38 bits per heavy atom. The van der Waals surface area contributed by atoms with Gasteiger partial charge in [0, 0.05) is 7.05 Å². The van der Waals surface area contributed by atoms with Gasteiger partial charge in [-0.3, -0.25) is 4.79 Å². The summed E-state index contributed by atoms with van der Waals surface area (Å²) in [5, 5.41) is 2.55. The molecule has 0 saturated carbocycles. The highest BCUT2D eigenvalue weighted by Crippen LogP contribution is 2.07. The molecule has 0 unspecified atom stereocenters. The van der Waals surface area contributed by atoms with E-state index >= 15 is 0 Å². The highest BCUT2D eigenvalue weighted by Gasteiger charge is 1.92. The number of nitrogens with one attached hydrogen (secondary N) is 1. The monoisotopic (exact) mass is 183 g/mol. The quantitative estimate of drug-likeness (QED) is 0.497. The molecule has 76 valence electrons. The van der Waals surface area contributed by atoms with E-state index in [1.54, 1.807) is 13.1 Å². The summed E-state index contributed by atoms with van der Waals surface area (Å²) in [5.74, 6) is 0.784. The summed E-state index contributed by atoms with van der Waals surface area (Å²) in [6.45, 7) is 4.47. The zero-order chi connectivity index (χ0) is 10.1. The van der Waals surface area contributed by atoms with Crippen molar-refractivity contribution >= 4 is 5.91 Å². The van der Waals surface area contributed by atoms with Crippen LogP contribution in [0, 0.1) is 5.92 Å². The van der Waals surface area contributed by atoms with Crippen LogP contribution < -0.4 is 5.32 Å². The summed E-state index contributed by atoms with van der Waals surface area (Å²) in [7, 11) is 1.64. The molecule has 1 N–H and O–H groups in total. The zero-order valence-corrected chi connectivity index (χ0v) is 8.97. The third-order valence-electron chi connectivity index (χ3n) is 1.92. The normalized spacial score (nSPS) is 11.1. The van der Waals surface area contributed by atoms with E-state index in [1.165, 1.54) is 19.3 Å². The van der Waals surface area contributed by atoms with Crippen LogP contribution in [0.15, 0.2) is 12.2 Å². The van der Waals surface area contributed by atoms with Crippen LogP contribution in [0.3, 0.4) is 0 Å². The smallest absolute Gasteiger partial charge is 0.243 e. The average molecular weight is 183 g/mol. The third-order valence-corrected chi connectivity index (χ3v) is 1.92. The van der Waals surface area contributed by atoms with E-state index in [9.17, 15) is 4.79 Å². The van der Waals surface area contributed by atoms with Crippen LogP contribution in [0.5, 0.6) is 0 Å². The van der Waals surface area contributed by atoms with Crippen molar-refractivity contribution in [3.05, 3.63) is 12.2 Å². The Labute approximate surface area is 81.4 Å². The molecule has 0 aromatic heterocycles. The minimum absolute atomic E-state index is 0.0103. The molecule has 0 aromatic rings. The fourth-order valence-corrected chi connectivity index (χ4v) is 1.09. The lowest BCUT2D eigenvalue weighted by molar-refractivity contribution is -0.116. The van der Waals surface area contributed by atoms with Crippen LogP contribution in [0.1, 0.15) is 39.5 Å². The fraction of sp³-hybridized carbons (Fsp3) is 0.727. The van der Waals surface area contributed by atoms with E-state index in [2.05, 4.69) is 19.2 Å². The van der Waals surface area contributed by atoms with Crippen molar-refractivity contribution in [2.75, 3.05) is 7.05 Å². The maximum atomic E-state index is 10.8. The van der Waals surface area contributed by atoms with Gasteiger partial charge in [0.1, 0.15) is 0 Å². The highest BCUT2D eigenvalue weighted by molar-refractivity contribution is 5.87. The van der Waals surface area contributed by atoms with Gasteiger partial charge in [0.15, 0.2) is 0 Å². The Hall–Kier alpha value is -0.790. The van der Waals surface area contributed by atoms with E-state index in [0.717, 1.165) is 12.3 Å². The van der Waals surface area contributed by atoms with Gasteiger partial charge < -0.3 is 5.32 Å². The molecule has 0 aliphatic heterocycles. The summed E-state index contributed by atoms with van der Waals surface area (Å²) < 4.78 is 0. The van der Waals surface area contributed by atoms with Gasteiger partial charge in [0.2, 0.25) is 5.91 Å². The largest absolute Gasteiger partial charge is 0.356 e. The first-order chi connectivity index (χ1) is 6.16. The minimum atomic E-state index is -0.0103. The fourth-order valence-electron chi connectivity index (χ4n) is 1.09. The van der Waals surface area contributed by atoms with Crippen LogP contribution in [0.2, 0.25) is 0 Å². The highest BCUT2D eigenvalue weighted by atomic mass is 16.1. The summed E-state index contributed by atoms with van der Waals surface area (Å²) in [5.41, 5.74) is 0. The number of allylic oxidation sites excluding steroid dienone is 1. The molecule has 0 aliphatic carbocycles. The second kappa shape index (κ2) is 7.84. The number of carbonyl (C=O) groups is 1. The van der Waals surface area contributed by atoms with Gasteiger partial charge >= 0.3 is 0 Å². The van der Waals surface area contributed by atoms with Crippen molar-refractivity contribution < 1.29 is 4.79 Å². The average Bonchev–Trinajstić information content (AvgIpc) is 2.10. The first-order valence-corrected chi connectivity index (χ1v) is 5.05. The van der Waals surface area contributed by atoms with Crippen LogP contribution in [0.4, 0.5) is 0 Å².